The van der Waals surface area contributed by atoms with Gasteiger partial charge in [-0.05, 0) is 12.5 Å². The summed E-state index contributed by atoms with van der Waals surface area (Å²) in [5, 5.41) is 30.3. The highest BCUT2D eigenvalue weighted by molar-refractivity contribution is 8.13. The van der Waals surface area contributed by atoms with Crippen LogP contribution in [0, 0.1) is 10.1 Å². The number of nitrogens with zero attached hydrogens (tertiary/aromatic N) is 2. The molecule has 0 radical (unpaired) electrons. The van der Waals surface area contributed by atoms with Gasteiger partial charge in [-0.25, -0.2) is 0 Å². The van der Waals surface area contributed by atoms with Crippen molar-refractivity contribution in [1.29, 1.82) is 0 Å². The van der Waals surface area contributed by atoms with Gasteiger partial charge in [0.2, 0.25) is 0 Å². The second-order valence-corrected chi connectivity index (χ2v) is 5.08. The lowest BCUT2D eigenvalue weighted by atomic mass is 10.1. The Morgan fingerprint density at radius 3 is 2.84 bits per heavy atom. The monoisotopic (exact) mass is 286 g/mol. The van der Waals surface area contributed by atoms with Crippen LogP contribution in [0.1, 0.15) is 25.1 Å². The molecule has 2 unspecified atom stereocenters. The molecule has 1 heterocycles. The van der Waals surface area contributed by atoms with Crippen LogP contribution in [0.3, 0.4) is 0 Å². The average molecular weight is 286 g/mol. The van der Waals surface area contributed by atoms with Crippen molar-refractivity contribution in [3.63, 3.8) is 0 Å². The Balaban J connectivity index is 2.73. The lowest BCUT2D eigenvalue weighted by Crippen LogP contribution is -2.21. The number of aromatic nitrogens is 1. The van der Waals surface area contributed by atoms with Crippen LogP contribution in [-0.2, 0) is 4.79 Å². The molecule has 0 aliphatic rings. The van der Waals surface area contributed by atoms with Crippen LogP contribution < -0.4 is 0 Å². The van der Waals surface area contributed by atoms with Crippen LogP contribution in [0.2, 0.25) is 0 Å². The van der Waals surface area contributed by atoms with Gasteiger partial charge in [-0.1, -0.05) is 11.8 Å². The summed E-state index contributed by atoms with van der Waals surface area (Å²) in [6, 6.07) is 2.59. The zero-order valence-electron chi connectivity index (χ0n) is 10.2. The molecule has 0 saturated carbocycles. The van der Waals surface area contributed by atoms with Crippen LogP contribution in [-0.4, -0.2) is 37.1 Å². The molecule has 0 spiro atoms. The Labute approximate surface area is 113 Å². The first kappa shape index (κ1) is 15.5. The Kier molecular flexibility index (Phi) is 5.87. The average Bonchev–Trinajstić information content (AvgIpc) is 2.37. The standard InChI is InChI=1S/C11H14N2O5S/c1-7(14)19-6-4-9(15)11(16)10-8(13(17)18)3-2-5-12-10/h2-3,5,9,11,15-16H,4,6H2,1H3. The van der Waals surface area contributed by atoms with Crippen LogP contribution in [0.4, 0.5) is 5.69 Å². The van der Waals surface area contributed by atoms with Gasteiger partial charge in [0.05, 0.1) is 11.0 Å². The summed E-state index contributed by atoms with van der Waals surface area (Å²) >= 11 is 1.02. The number of carbonyl (C=O) groups is 1. The third-order valence-electron chi connectivity index (χ3n) is 2.38. The molecule has 19 heavy (non-hydrogen) atoms. The van der Waals surface area contributed by atoms with Crippen LogP contribution in [0.5, 0.6) is 0 Å². The fourth-order valence-corrected chi connectivity index (χ4v) is 2.10. The van der Waals surface area contributed by atoms with Gasteiger partial charge < -0.3 is 10.2 Å². The summed E-state index contributed by atoms with van der Waals surface area (Å²) in [6.07, 6.45) is -1.21. The molecule has 0 fully saturated rings. The van der Waals surface area contributed by atoms with Gasteiger partial charge >= 0.3 is 0 Å². The van der Waals surface area contributed by atoms with Crippen LogP contribution in [0.15, 0.2) is 18.3 Å². The second kappa shape index (κ2) is 7.17. The second-order valence-electron chi connectivity index (χ2n) is 3.81. The lowest BCUT2D eigenvalue weighted by Gasteiger charge is -2.16. The first-order valence-corrected chi connectivity index (χ1v) is 6.51. The minimum Gasteiger partial charge on any atom is -0.390 e. The summed E-state index contributed by atoms with van der Waals surface area (Å²) < 4.78 is 0. The predicted molar refractivity (Wildman–Crippen MR) is 69.6 cm³/mol. The van der Waals surface area contributed by atoms with E-state index in [1.807, 2.05) is 0 Å². The van der Waals surface area contributed by atoms with E-state index >= 15 is 0 Å². The third-order valence-corrected chi connectivity index (χ3v) is 3.22. The van der Waals surface area contributed by atoms with Crippen molar-refractivity contribution < 1.29 is 19.9 Å². The van der Waals surface area contributed by atoms with Crippen molar-refractivity contribution in [2.24, 2.45) is 0 Å². The van der Waals surface area contributed by atoms with Crippen molar-refractivity contribution in [1.82, 2.24) is 4.98 Å². The first-order chi connectivity index (χ1) is 8.93. The number of aliphatic hydroxyl groups excluding tert-OH is 2. The highest BCUT2D eigenvalue weighted by Crippen LogP contribution is 2.26. The molecule has 0 aliphatic carbocycles. The van der Waals surface area contributed by atoms with Crippen LogP contribution >= 0.6 is 11.8 Å². The van der Waals surface area contributed by atoms with E-state index in [0.29, 0.717) is 5.75 Å². The molecule has 0 bridgehead atoms. The Bertz CT molecular complexity index is 468. The Morgan fingerprint density at radius 1 is 1.58 bits per heavy atom. The summed E-state index contributed by atoms with van der Waals surface area (Å²) in [5.41, 5.74) is -0.513. The van der Waals surface area contributed by atoms with Crippen molar-refractivity contribution in [3.05, 3.63) is 34.1 Å². The minimum absolute atomic E-state index is 0.0921. The van der Waals surface area contributed by atoms with Gasteiger partial charge in [0.25, 0.3) is 5.69 Å². The number of hydrogen-bond donors (Lipinski definition) is 2. The maximum atomic E-state index is 10.8. The topological polar surface area (TPSA) is 114 Å². The molecule has 2 N–H and O–H groups in total. The molecule has 8 heteroatoms. The fourth-order valence-electron chi connectivity index (χ4n) is 1.45. The largest absolute Gasteiger partial charge is 0.390 e. The molecule has 1 rings (SSSR count). The molecule has 1 aromatic rings. The van der Waals surface area contributed by atoms with Gasteiger partial charge in [-0.15, -0.1) is 0 Å². The number of nitro groups is 1. The van der Waals surface area contributed by atoms with Crippen molar-refractivity contribution in [3.8, 4) is 0 Å². The third kappa shape index (κ3) is 4.58. The van der Waals surface area contributed by atoms with Gasteiger partial charge in [0.15, 0.2) is 5.12 Å². The highest BCUT2D eigenvalue weighted by Gasteiger charge is 2.27. The minimum atomic E-state index is -1.45. The zero-order valence-corrected chi connectivity index (χ0v) is 11.0. The van der Waals surface area contributed by atoms with Crippen molar-refractivity contribution in [2.75, 3.05) is 5.75 Å². The molecule has 7 nitrogen and oxygen atoms in total. The van der Waals surface area contributed by atoms with Crippen molar-refractivity contribution in [2.45, 2.75) is 25.6 Å². The highest BCUT2D eigenvalue weighted by atomic mass is 32.2. The maximum Gasteiger partial charge on any atom is 0.293 e. The predicted octanol–water partition coefficient (Wildman–Crippen LogP) is 1.05. The summed E-state index contributed by atoms with van der Waals surface area (Å²) in [6.45, 7) is 1.40. The van der Waals surface area contributed by atoms with Gasteiger partial charge in [-0.2, -0.15) is 0 Å². The van der Waals surface area contributed by atoms with E-state index in [9.17, 15) is 25.1 Å². The molecule has 0 saturated heterocycles. The molecule has 0 amide bonds. The summed E-state index contributed by atoms with van der Waals surface area (Å²) in [4.78, 5) is 24.6. The summed E-state index contributed by atoms with van der Waals surface area (Å²) in [5.74, 6) is 0.328. The molecular formula is C11H14N2O5S. The fraction of sp³-hybridized carbons (Fsp3) is 0.455. The molecular weight excluding hydrogens is 272 g/mol. The summed E-state index contributed by atoms with van der Waals surface area (Å²) in [7, 11) is 0. The van der Waals surface area contributed by atoms with Gasteiger partial charge in [-0.3, -0.25) is 19.9 Å². The Hall–Kier alpha value is -1.51. The SMILES string of the molecule is CC(=O)SCCC(O)C(O)c1ncccc1[N+](=O)[O-]. The maximum absolute atomic E-state index is 10.8. The van der Waals surface area contributed by atoms with E-state index in [0.717, 1.165) is 11.8 Å². The lowest BCUT2D eigenvalue weighted by molar-refractivity contribution is -0.386. The number of hydrogen-bond acceptors (Lipinski definition) is 7. The van der Waals surface area contributed by atoms with E-state index in [4.69, 9.17) is 0 Å². The molecule has 104 valence electrons. The van der Waals surface area contributed by atoms with Crippen LogP contribution in [0.25, 0.3) is 0 Å². The number of aliphatic hydroxyl groups is 2. The quantitative estimate of drug-likeness (QED) is 0.593. The first-order valence-electron chi connectivity index (χ1n) is 5.52. The van der Waals surface area contributed by atoms with E-state index < -0.39 is 17.1 Å². The molecule has 0 aliphatic heterocycles. The molecule has 0 aromatic carbocycles. The zero-order chi connectivity index (χ0) is 14.4. The number of carbonyl (C=O) groups excluding carboxylic acids is 1. The normalized spacial score (nSPS) is 13.8. The van der Waals surface area contributed by atoms with E-state index in [2.05, 4.69) is 4.98 Å². The molecule has 2 atom stereocenters. The van der Waals surface area contributed by atoms with E-state index in [1.165, 1.54) is 25.3 Å². The number of rotatable bonds is 6. The van der Waals surface area contributed by atoms with Gasteiger partial charge in [0.1, 0.15) is 11.8 Å². The smallest absolute Gasteiger partial charge is 0.293 e. The number of pyridine rings is 1. The van der Waals surface area contributed by atoms with E-state index in [1.54, 1.807) is 0 Å². The number of thioether (sulfide) groups is 1. The van der Waals surface area contributed by atoms with Gasteiger partial charge in [0, 0.05) is 24.9 Å². The van der Waals surface area contributed by atoms with E-state index in [-0.39, 0.29) is 22.9 Å². The Morgan fingerprint density at radius 2 is 2.26 bits per heavy atom. The van der Waals surface area contributed by atoms with Crippen molar-refractivity contribution >= 4 is 22.6 Å². The molecule has 1 aromatic heterocycles.